The summed E-state index contributed by atoms with van der Waals surface area (Å²) in [7, 11) is 0. The number of hydrogen-bond acceptors (Lipinski definition) is 5. The van der Waals surface area contributed by atoms with Crippen LogP contribution in [0.3, 0.4) is 0 Å². The van der Waals surface area contributed by atoms with Gasteiger partial charge in [0.05, 0.1) is 29.8 Å². The van der Waals surface area contributed by atoms with Crippen molar-refractivity contribution < 1.29 is 14.3 Å². The maximum atomic E-state index is 12.1. The van der Waals surface area contributed by atoms with E-state index in [2.05, 4.69) is 12.1 Å². The summed E-state index contributed by atoms with van der Waals surface area (Å²) >= 11 is 0. The number of carbonyl (C=O) groups excluding carboxylic acids is 1. The normalized spacial score (nSPS) is 21.5. The minimum atomic E-state index is -0.525. The van der Waals surface area contributed by atoms with Crippen LogP contribution < -0.4 is 0 Å². The summed E-state index contributed by atoms with van der Waals surface area (Å²) in [5.74, 6) is 0.230. The van der Waals surface area contributed by atoms with Gasteiger partial charge in [-0.15, -0.1) is 0 Å². The first kappa shape index (κ1) is 17.6. The Labute approximate surface area is 162 Å². The molecule has 2 aromatic rings. The maximum absolute atomic E-state index is 12.1. The monoisotopic (exact) mass is 371 g/mol. The molecule has 0 aromatic heterocycles. The second-order valence-corrected chi connectivity index (χ2v) is 6.62. The van der Waals surface area contributed by atoms with Crippen LogP contribution in [0.2, 0.25) is 0 Å². The third kappa shape index (κ3) is 3.17. The number of amides is 1. The van der Waals surface area contributed by atoms with Gasteiger partial charge in [0.2, 0.25) is 0 Å². The maximum Gasteiger partial charge on any atom is 0.412 e. The van der Waals surface area contributed by atoms with Gasteiger partial charge < -0.3 is 9.47 Å². The Morgan fingerprint density at radius 2 is 1.75 bits per heavy atom. The molecule has 0 spiro atoms. The molecule has 138 valence electrons. The van der Waals surface area contributed by atoms with Crippen molar-refractivity contribution >= 4 is 11.9 Å². The highest BCUT2D eigenvalue weighted by Gasteiger charge is 2.39. The Hall–Kier alpha value is -3.77. The van der Waals surface area contributed by atoms with E-state index in [1.54, 1.807) is 17.0 Å². The Balaban J connectivity index is 1.80. The molecule has 6 nitrogen and oxygen atoms in total. The van der Waals surface area contributed by atoms with Gasteiger partial charge in [0.15, 0.2) is 6.23 Å². The van der Waals surface area contributed by atoms with E-state index in [0.717, 1.165) is 11.1 Å². The first-order valence-corrected chi connectivity index (χ1v) is 9.01. The molecule has 1 saturated heterocycles. The number of nitrogens with zero attached hydrogens (tertiary/aromatic N) is 3. The van der Waals surface area contributed by atoms with Gasteiger partial charge >= 0.3 is 6.09 Å². The molecule has 0 N–H and O–H groups in total. The van der Waals surface area contributed by atoms with Crippen molar-refractivity contribution in [1.29, 1.82) is 10.5 Å². The standard InChI is InChI=1S/C22H17N3O3/c23-13-15-6-8-16(9-7-15)18-12-20(25-10-11-27-22(25)26)28-21(19(18)14-24)17-4-2-1-3-5-17/h1-9,18,20H,10-12H2/t18-,20-/m1/s1. The number of hydrogen-bond donors (Lipinski definition) is 0. The van der Waals surface area contributed by atoms with Gasteiger partial charge in [-0.05, 0) is 17.7 Å². The minimum absolute atomic E-state index is 0.250. The second-order valence-electron chi connectivity index (χ2n) is 6.62. The van der Waals surface area contributed by atoms with E-state index < -0.39 is 12.3 Å². The van der Waals surface area contributed by atoms with Crippen LogP contribution in [0.25, 0.3) is 5.76 Å². The molecule has 4 rings (SSSR count). The highest BCUT2D eigenvalue weighted by molar-refractivity contribution is 5.72. The fourth-order valence-corrected chi connectivity index (χ4v) is 3.62. The van der Waals surface area contributed by atoms with Crippen molar-refractivity contribution in [3.05, 3.63) is 76.9 Å². The molecule has 2 aliphatic rings. The molecule has 2 heterocycles. The van der Waals surface area contributed by atoms with Gasteiger partial charge in [-0.3, -0.25) is 4.90 Å². The molecule has 2 atom stereocenters. The Kier molecular flexibility index (Phi) is 4.70. The van der Waals surface area contributed by atoms with Gasteiger partial charge in [-0.2, -0.15) is 10.5 Å². The minimum Gasteiger partial charge on any atom is -0.469 e. The number of allylic oxidation sites excluding steroid dienone is 1. The molecule has 1 fully saturated rings. The van der Waals surface area contributed by atoms with E-state index >= 15 is 0 Å². The van der Waals surface area contributed by atoms with Crippen LogP contribution in [0.4, 0.5) is 4.79 Å². The van der Waals surface area contributed by atoms with Crippen LogP contribution in [0.15, 0.2) is 60.2 Å². The molecule has 28 heavy (non-hydrogen) atoms. The highest BCUT2D eigenvalue weighted by Crippen LogP contribution is 2.41. The summed E-state index contributed by atoms with van der Waals surface area (Å²) < 4.78 is 11.2. The topological polar surface area (TPSA) is 86.3 Å². The average molecular weight is 371 g/mol. The Morgan fingerprint density at radius 3 is 2.36 bits per heavy atom. The van der Waals surface area contributed by atoms with Crippen LogP contribution in [0.1, 0.15) is 29.0 Å². The van der Waals surface area contributed by atoms with E-state index in [1.165, 1.54) is 0 Å². The molecular weight excluding hydrogens is 354 g/mol. The van der Waals surface area contributed by atoms with Crippen LogP contribution in [0.5, 0.6) is 0 Å². The molecule has 2 aromatic carbocycles. The van der Waals surface area contributed by atoms with Crippen molar-refractivity contribution in [3.63, 3.8) is 0 Å². The molecule has 1 amide bonds. The largest absolute Gasteiger partial charge is 0.469 e. The average Bonchev–Trinajstić information content (AvgIpc) is 3.19. The zero-order valence-corrected chi connectivity index (χ0v) is 15.0. The van der Waals surface area contributed by atoms with E-state index in [0.29, 0.717) is 36.5 Å². The number of ether oxygens (including phenoxy) is 2. The number of rotatable bonds is 3. The predicted octanol–water partition coefficient (Wildman–Crippen LogP) is 3.78. The lowest BCUT2D eigenvalue weighted by molar-refractivity contribution is 0.0187. The SMILES string of the molecule is N#CC1=C(c2ccccc2)O[C@@H](N2CCOC2=O)C[C@@H]1c1ccc(C#N)cc1. The van der Waals surface area contributed by atoms with Crippen molar-refractivity contribution in [2.45, 2.75) is 18.6 Å². The molecule has 0 aliphatic carbocycles. The summed E-state index contributed by atoms with van der Waals surface area (Å²) in [6.07, 6.45) is -0.486. The van der Waals surface area contributed by atoms with E-state index in [1.807, 2.05) is 42.5 Å². The summed E-state index contributed by atoms with van der Waals surface area (Å²) in [5.41, 5.74) is 2.76. The smallest absolute Gasteiger partial charge is 0.412 e. The lowest BCUT2D eigenvalue weighted by atomic mass is 9.84. The molecule has 0 saturated carbocycles. The van der Waals surface area contributed by atoms with Gasteiger partial charge in [-0.25, -0.2) is 4.79 Å². The van der Waals surface area contributed by atoms with Crippen molar-refractivity contribution in [2.24, 2.45) is 0 Å². The van der Waals surface area contributed by atoms with Crippen LogP contribution in [0, 0.1) is 22.7 Å². The van der Waals surface area contributed by atoms with Gasteiger partial charge in [-0.1, -0.05) is 42.5 Å². The van der Waals surface area contributed by atoms with Crippen LogP contribution in [-0.2, 0) is 9.47 Å². The molecule has 0 bridgehead atoms. The predicted molar refractivity (Wildman–Crippen MR) is 100 cm³/mol. The lowest BCUT2D eigenvalue weighted by Crippen LogP contribution is -2.41. The molecule has 6 heteroatoms. The third-order valence-corrected chi connectivity index (χ3v) is 5.02. The van der Waals surface area contributed by atoms with E-state index in [4.69, 9.17) is 14.7 Å². The number of carbonyl (C=O) groups is 1. The Bertz CT molecular complexity index is 1000. The third-order valence-electron chi connectivity index (χ3n) is 5.02. The zero-order valence-electron chi connectivity index (χ0n) is 15.0. The van der Waals surface area contributed by atoms with Crippen molar-refractivity contribution in [2.75, 3.05) is 13.2 Å². The Morgan fingerprint density at radius 1 is 1.00 bits per heavy atom. The fourth-order valence-electron chi connectivity index (χ4n) is 3.62. The summed E-state index contributed by atoms with van der Waals surface area (Å²) in [4.78, 5) is 13.7. The molecule has 2 aliphatic heterocycles. The summed E-state index contributed by atoms with van der Waals surface area (Å²) in [6.45, 7) is 0.781. The summed E-state index contributed by atoms with van der Waals surface area (Å²) in [6, 6.07) is 21.0. The quantitative estimate of drug-likeness (QED) is 0.820. The number of nitriles is 2. The van der Waals surface area contributed by atoms with Gasteiger partial charge in [0.25, 0.3) is 0 Å². The van der Waals surface area contributed by atoms with E-state index in [9.17, 15) is 10.1 Å². The first-order valence-electron chi connectivity index (χ1n) is 9.01. The van der Waals surface area contributed by atoms with Crippen LogP contribution >= 0.6 is 0 Å². The number of benzene rings is 2. The first-order chi connectivity index (χ1) is 13.7. The molecular formula is C22H17N3O3. The fraction of sp³-hybridized carbons (Fsp3) is 0.227. The number of cyclic esters (lactones) is 1. The summed E-state index contributed by atoms with van der Waals surface area (Å²) in [5, 5.41) is 19.0. The second kappa shape index (κ2) is 7.46. The molecule has 0 radical (unpaired) electrons. The molecule has 0 unspecified atom stereocenters. The van der Waals surface area contributed by atoms with Gasteiger partial charge in [0.1, 0.15) is 12.4 Å². The zero-order chi connectivity index (χ0) is 19.5. The van der Waals surface area contributed by atoms with E-state index in [-0.39, 0.29) is 5.92 Å². The van der Waals surface area contributed by atoms with Crippen LogP contribution in [-0.4, -0.2) is 30.4 Å². The van der Waals surface area contributed by atoms with Crippen molar-refractivity contribution in [3.8, 4) is 12.1 Å². The lowest BCUT2D eigenvalue weighted by Gasteiger charge is -2.36. The van der Waals surface area contributed by atoms with Crippen molar-refractivity contribution in [1.82, 2.24) is 4.90 Å². The highest BCUT2D eigenvalue weighted by atomic mass is 16.6. The van der Waals surface area contributed by atoms with Gasteiger partial charge in [0, 0.05) is 17.9 Å².